The highest BCUT2D eigenvalue weighted by Gasteiger charge is 2.48. The highest BCUT2D eigenvalue weighted by atomic mass is 19.4. The zero-order valence-electron chi connectivity index (χ0n) is 15.7. The summed E-state index contributed by atoms with van der Waals surface area (Å²) in [4.78, 5) is 15.8. The van der Waals surface area contributed by atoms with E-state index in [9.17, 15) is 22.4 Å². The van der Waals surface area contributed by atoms with Gasteiger partial charge in [-0.2, -0.15) is 18.4 Å². The Labute approximate surface area is 165 Å². The topological polar surface area (TPSA) is 47.3 Å². The van der Waals surface area contributed by atoms with Crippen LogP contribution in [0.15, 0.2) is 54.9 Å². The molecular formula is C21H17F4N3O. The fraction of sp³-hybridized carbons (Fsp3) is 0.238. The molecule has 4 nitrogen and oxygen atoms in total. The van der Waals surface area contributed by atoms with Crippen LogP contribution in [0.3, 0.4) is 0 Å². The lowest BCUT2D eigenvalue weighted by Crippen LogP contribution is -2.42. The van der Waals surface area contributed by atoms with E-state index in [2.05, 4.69) is 6.58 Å². The van der Waals surface area contributed by atoms with E-state index in [0.29, 0.717) is 5.56 Å². The van der Waals surface area contributed by atoms with Gasteiger partial charge in [0, 0.05) is 6.54 Å². The van der Waals surface area contributed by atoms with Crippen molar-refractivity contribution in [2.75, 3.05) is 4.90 Å². The number of alkyl halides is 3. The highest BCUT2D eigenvalue weighted by Crippen LogP contribution is 2.40. The Balaban J connectivity index is 2.01. The summed E-state index contributed by atoms with van der Waals surface area (Å²) in [5.74, 6) is -0.659. The quantitative estimate of drug-likeness (QED) is 0.691. The lowest BCUT2D eigenvalue weighted by atomic mass is 10.0. The van der Waals surface area contributed by atoms with Gasteiger partial charge in [0.2, 0.25) is 0 Å². The SMILES string of the molecule is C=C1N(c2ccc(C#N)c(C(F)(F)F)c2)C(=O)C(C)(C)N1Cc1ccc(F)cc1. The van der Waals surface area contributed by atoms with Crippen molar-refractivity contribution in [2.45, 2.75) is 32.1 Å². The first kappa shape index (κ1) is 20.4. The second-order valence-electron chi connectivity index (χ2n) is 7.17. The lowest BCUT2D eigenvalue weighted by Gasteiger charge is -2.30. The van der Waals surface area contributed by atoms with Crippen LogP contribution >= 0.6 is 0 Å². The molecule has 0 aromatic heterocycles. The first-order valence-corrected chi connectivity index (χ1v) is 8.63. The second-order valence-corrected chi connectivity index (χ2v) is 7.17. The third-order valence-electron chi connectivity index (χ3n) is 4.91. The van der Waals surface area contributed by atoms with Crippen LogP contribution in [0.4, 0.5) is 23.2 Å². The van der Waals surface area contributed by atoms with E-state index in [1.165, 1.54) is 24.3 Å². The molecule has 1 saturated heterocycles. The fourth-order valence-electron chi connectivity index (χ4n) is 3.28. The van der Waals surface area contributed by atoms with Gasteiger partial charge in [-0.3, -0.25) is 9.69 Å². The minimum Gasteiger partial charge on any atom is -0.340 e. The van der Waals surface area contributed by atoms with E-state index in [1.807, 2.05) is 0 Å². The number of rotatable bonds is 3. The summed E-state index contributed by atoms with van der Waals surface area (Å²) in [5, 5.41) is 8.97. The Morgan fingerprint density at radius 1 is 1.14 bits per heavy atom. The molecule has 0 atom stereocenters. The van der Waals surface area contributed by atoms with Crippen molar-refractivity contribution < 1.29 is 22.4 Å². The molecule has 0 bridgehead atoms. The van der Waals surface area contributed by atoms with Crippen LogP contribution in [-0.2, 0) is 17.5 Å². The zero-order chi connectivity index (χ0) is 21.6. The van der Waals surface area contributed by atoms with Gasteiger partial charge in [-0.25, -0.2) is 4.39 Å². The standard InChI is InChI=1S/C21H17F4N3O/c1-13-27(12-14-4-7-16(22)8-5-14)20(2,3)19(29)28(13)17-9-6-15(11-26)18(10-17)21(23,24)25/h4-10H,1,12H2,2-3H3. The normalized spacial score (nSPS) is 16.3. The number of halogens is 4. The lowest BCUT2D eigenvalue weighted by molar-refractivity contribution is -0.137. The van der Waals surface area contributed by atoms with Crippen LogP contribution in [0.1, 0.15) is 30.5 Å². The Morgan fingerprint density at radius 3 is 2.31 bits per heavy atom. The predicted octanol–water partition coefficient (Wildman–Crippen LogP) is 4.81. The maximum Gasteiger partial charge on any atom is 0.417 e. The molecule has 0 spiro atoms. The molecule has 0 radical (unpaired) electrons. The van der Waals surface area contributed by atoms with Gasteiger partial charge in [0.25, 0.3) is 5.91 Å². The smallest absolute Gasteiger partial charge is 0.340 e. The molecule has 2 aromatic rings. The van der Waals surface area contributed by atoms with Gasteiger partial charge in [0.1, 0.15) is 17.2 Å². The molecular weight excluding hydrogens is 386 g/mol. The van der Waals surface area contributed by atoms with E-state index >= 15 is 0 Å². The number of benzene rings is 2. The van der Waals surface area contributed by atoms with Crippen LogP contribution in [-0.4, -0.2) is 16.3 Å². The highest BCUT2D eigenvalue weighted by molar-refractivity contribution is 6.05. The minimum atomic E-state index is -4.74. The summed E-state index contributed by atoms with van der Waals surface area (Å²) in [6, 6.07) is 10.3. The van der Waals surface area contributed by atoms with Gasteiger partial charge < -0.3 is 4.90 Å². The van der Waals surface area contributed by atoms with Gasteiger partial charge in [-0.05, 0) is 49.7 Å². The Kier molecular flexibility index (Phi) is 4.87. The summed E-state index contributed by atoms with van der Waals surface area (Å²) in [7, 11) is 0. The molecule has 29 heavy (non-hydrogen) atoms. The van der Waals surface area contributed by atoms with Crippen molar-refractivity contribution in [3.8, 4) is 6.07 Å². The van der Waals surface area contributed by atoms with Crippen LogP contribution < -0.4 is 4.90 Å². The summed E-state index contributed by atoms with van der Waals surface area (Å²) < 4.78 is 53.1. The van der Waals surface area contributed by atoms with Crippen LogP contribution in [0.25, 0.3) is 0 Å². The van der Waals surface area contributed by atoms with Crippen molar-refractivity contribution in [3.63, 3.8) is 0 Å². The summed E-state index contributed by atoms with van der Waals surface area (Å²) in [6.45, 7) is 7.39. The number of nitriles is 1. The number of anilines is 1. The van der Waals surface area contributed by atoms with Gasteiger partial charge in [-0.15, -0.1) is 0 Å². The molecule has 8 heteroatoms. The van der Waals surface area contributed by atoms with Crippen molar-refractivity contribution in [3.05, 3.63) is 77.4 Å². The number of hydrogen-bond donors (Lipinski definition) is 0. The largest absolute Gasteiger partial charge is 0.417 e. The molecule has 1 aliphatic rings. The fourth-order valence-corrected chi connectivity index (χ4v) is 3.28. The molecule has 150 valence electrons. The van der Waals surface area contributed by atoms with Gasteiger partial charge in [0.15, 0.2) is 0 Å². The molecule has 1 fully saturated rings. The summed E-state index contributed by atoms with van der Waals surface area (Å²) in [5.41, 5.74) is -2.04. The van der Waals surface area contributed by atoms with Crippen molar-refractivity contribution in [1.29, 1.82) is 5.26 Å². The predicted molar refractivity (Wildman–Crippen MR) is 98.8 cm³/mol. The first-order valence-electron chi connectivity index (χ1n) is 8.63. The Morgan fingerprint density at radius 2 is 1.76 bits per heavy atom. The minimum absolute atomic E-state index is 0.0268. The number of carbonyl (C=O) groups is 1. The Bertz CT molecular complexity index is 1020. The average Bonchev–Trinajstić information content (AvgIpc) is 2.82. The molecule has 1 amide bonds. The zero-order valence-corrected chi connectivity index (χ0v) is 15.7. The second kappa shape index (κ2) is 6.92. The van der Waals surface area contributed by atoms with E-state index in [4.69, 9.17) is 5.26 Å². The van der Waals surface area contributed by atoms with E-state index < -0.39 is 34.6 Å². The van der Waals surface area contributed by atoms with Crippen LogP contribution in [0, 0.1) is 17.1 Å². The number of amides is 1. The third kappa shape index (κ3) is 3.56. The number of carbonyl (C=O) groups excluding carboxylic acids is 1. The van der Waals surface area contributed by atoms with Crippen molar-refractivity contribution in [1.82, 2.24) is 4.90 Å². The van der Waals surface area contributed by atoms with Gasteiger partial charge in [-0.1, -0.05) is 18.7 Å². The van der Waals surface area contributed by atoms with E-state index in [1.54, 1.807) is 30.9 Å². The number of hydrogen-bond acceptors (Lipinski definition) is 3. The third-order valence-corrected chi connectivity index (χ3v) is 4.91. The first-order chi connectivity index (χ1) is 13.5. The average molecular weight is 403 g/mol. The molecule has 0 saturated carbocycles. The van der Waals surface area contributed by atoms with Gasteiger partial charge >= 0.3 is 6.18 Å². The maximum absolute atomic E-state index is 13.3. The van der Waals surface area contributed by atoms with Gasteiger partial charge in [0.05, 0.1) is 22.9 Å². The molecule has 0 unspecified atom stereocenters. The van der Waals surface area contributed by atoms with E-state index in [0.717, 1.165) is 17.0 Å². The van der Waals surface area contributed by atoms with Crippen LogP contribution in [0.5, 0.6) is 0 Å². The molecule has 3 rings (SSSR count). The maximum atomic E-state index is 13.3. The summed E-state index contributed by atoms with van der Waals surface area (Å²) >= 11 is 0. The molecule has 0 N–H and O–H groups in total. The van der Waals surface area contributed by atoms with Crippen molar-refractivity contribution in [2.24, 2.45) is 0 Å². The Hall–Kier alpha value is -3.34. The monoisotopic (exact) mass is 403 g/mol. The molecule has 0 aliphatic carbocycles. The van der Waals surface area contributed by atoms with Crippen molar-refractivity contribution >= 4 is 11.6 Å². The number of nitrogens with zero attached hydrogens (tertiary/aromatic N) is 3. The van der Waals surface area contributed by atoms with Crippen LogP contribution in [0.2, 0.25) is 0 Å². The summed E-state index contributed by atoms with van der Waals surface area (Å²) in [6.07, 6.45) is -4.74. The molecule has 2 aromatic carbocycles. The molecule has 1 aliphatic heterocycles. The molecule has 1 heterocycles. The van der Waals surface area contributed by atoms with E-state index in [-0.39, 0.29) is 18.1 Å².